The van der Waals surface area contributed by atoms with Gasteiger partial charge in [-0.25, -0.2) is 9.37 Å². The van der Waals surface area contributed by atoms with E-state index < -0.39 is 17.7 Å². The number of ether oxygens (including phenoxy) is 1. The number of carbonyl (C=O) groups excluding carboxylic acids is 1. The van der Waals surface area contributed by atoms with Crippen molar-refractivity contribution in [2.45, 2.75) is 31.9 Å². The number of H-pyrrole nitrogens is 1. The first-order valence-electron chi connectivity index (χ1n) is 10.4. The van der Waals surface area contributed by atoms with Crippen LogP contribution in [0.1, 0.15) is 36.4 Å². The highest BCUT2D eigenvalue weighted by Gasteiger charge is 2.33. The molecule has 33 heavy (non-hydrogen) atoms. The van der Waals surface area contributed by atoms with Crippen LogP contribution in [0, 0.1) is 11.8 Å². The summed E-state index contributed by atoms with van der Waals surface area (Å²) < 4.78 is 41.1. The number of pyridine rings is 1. The van der Waals surface area contributed by atoms with Crippen LogP contribution < -0.4 is 5.32 Å². The minimum atomic E-state index is -0.853. The Labute approximate surface area is 186 Å². The lowest BCUT2D eigenvalue weighted by Gasteiger charge is -2.34. The molecule has 1 aliphatic rings. The van der Waals surface area contributed by atoms with Crippen molar-refractivity contribution in [1.82, 2.24) is 25.0 Å². The second kappa shape index (κ2) is 8.58. The fourth-order valence-corrected chi connectivity index (χ4v) is 3.74. The van der Waals surface area contributed by atoms with E-state index in [0.29, 0.717) is 17.9 Å². The van der Waals surface area contributed by atoms with E-state index in [2.05, 4.69) is 25.6 Å². The average molecular weight is 454 g/mol. The number of nitrogens with zero attached hydrogens (tertiary/aromatic N) is 4. The summed E-state index contributed by atoms with van der Waals surface area (Å²) in [6.45, 7) is 2.55. The summed E-state index contributed by atoms with van der Waals surface area (Å²) >= 11 is 0. The molecule has 0 unspecified atom stereocenters. The third-order valence-electron chi connectivity index (χ3n) is 5.48. The zero-order chi connectivity index (χ0) is 22.9. The van der Waals surface area contributed by atoms with Crippen LogP contribution in [0.4, 0.5) is 14.5 Å². The molecule has 5 rings (SSSR count). The van der Waals surface area contributed by atoms with Gasteiger partial charge in [0.1, 0.15) is 17.1 Å². The van der Waals surface area contributed by atoms with Crippen molar-refractivity contribution < 1.29 is 22.7 Å². The highest BCUT2D eigenvalue weighted by atomic mass is 19.1. The molecule has 4 heterocycles. The summed E-state index contributed by atoms with van der Waals surface area (Å²) in [5.74, 6) is -1.67. The predicted molar refractivity (Wildman–Crippen MR) is 113 cm³/mol. The van der Waals surface area contributed by atoms with Crippen LogP contribution in [0.25, 0.3) is 22.7 Å². The maximum Gasteiger partial charge on any atom is 0.291 e. The summed E-state index contributed by atoms with van der Waals surface area (Å²) in [6.07, 6.45) is 6.37. The van der Waals surface area contributed by atoms with Gasteiger partial charge in [0, 0.05) is 19.0 Å². The molecule has 1 fully saturated rings. The summed E-state index contributed by atoms with van der Waals surface area (Å²) in [5.41, 5.74) is 0.616. The number of amides is 1. The molecule has 11 heteroatoms. The first-order valence-corrected chi connectivity index (χ1v) is 10.4. The molecule has 170 valence electrons. The Bertz CT molecular complexity index is 1280. The highest BCUT2D eigenvalue weighted by molar-refractivity contribution is 6.04. The summed E-state index contributed by atoms with van der Waals surface area (Å²) in [4.78, 5) is 16.5. The molecule has 4 aromatic heterocycles. The van der Waals surface area contributed by atoms with Crippen molar-refractivity contribution in [3.63, 3.8) is 0 Å². The number of hydrogen-bond donors (Lipinski definition) is 2. The zero-order valence-electron chi connectivity index (χ0n) is 17.6. The minimum Gasteiger partial charge on any atom is -0.451 e. The summed E-state index contributed by atoms with van der Waals surface area (Å²) in [6, 6.07) is 5.06. The maximum absolute atomic E-state index is 14.5. The molecule has 1 amide bonds. The SMILES string of the molecule is CCOC1CC(n2cc(NC(=O)c3ccc(-c4cn[nH]c4)o3)c(-c3nc(F)ccc3F)n2)C1. The number of aromatic nitrogens is 5. The van der Waals surface area contributed by atoms with Crippen LogP contribution in [0.5, 0.6) is 0 Å². The van der Waals surface area contributed by atoms with Crippen LogP contribution >= 0.6 is 0 Å². The van der Waals surface area contributed by atoms with E-state index in [1.54, 1.807) is 29.3 Å². The predicted octanol–water partition coefficient (Wildman–Crippen LogP) is 4.20. The van der Waals surface area contributed by atoms with Gasteiger partial charge in [-0.05, 0) is 44.0 Å². The van der Waals surface area contributed by atoms with Crippen LogP contribution in [0.2, 0.25) is 0 Å². The topological polar surface area (TPSA) is 111 Å². The summed E-state index contributed by atoms with van der Waals surface area (Å²) in [5, 5.41) is 13.6. The van der Waals surface area contributed by atoms with E-state index in [9.17, 15) is 13.6 Å². The highest BCUT2D eigenvalue weighted by Crippen LogP contribution is 2.37. The van der Waals surface area contributed by atoms with Gasteiger partial charge in [-0.2, -0.15) is 14.6 Å². The Hall–Kier alpha value is -3.86. The molecular formula is C22H20F2N6O3. The minimum absolute atomic E-state index is 0.0129. The molecule has 0 radical (unpaired) electrons. The van der Waals surface area contributed by atoms with Gasteiger partial charge in [-0.15, -0.1) is 0 Å². The Balaban J connectivity index is 1.44. The molecule has 9 nitrogen and oxygen atoms in total. The Morgan fingerprint density at radius 3 is 2.88 bits per heavy atom. The van der Waals surface area contributed by atoms with E-state index in [0.717, 1.165) is 25.0 Å². The van der Waals surface area contributed by atoms with E-state index in [1.807, 2.05) is 6.92 Å². The van der Waals surface area contributed by atoms with Crippen molar-refractivity contribution >= 4 is 11.6 Å². The monoisotopic (exact) mass is 454 g/mol. The van der Waals surface area contributed by atoms with Crippen molar-refractivity contribution in [3.8, 4) is 22.7 Å². The van der Waals surface area contributed by atoms with Crippen LogP contribution in [0.15, 0.2) is 47.3 Å². The Kier molecular flexibility index (Phi) is 5.47. The molecule has 0 aliphatic heterocycles. The van der Waals surface area contributed by atoms with Crippen LogP contribution in [-0.2, 0) is 4.74 Å². The largest absolute Gasteiger partial charge is 0.451 e. The van der Waals surface area contributed by atoms with Crippen molar-refractivity contribution in [2.75, 3.05) is 11.9 Å². The van der Waals surface area contributed by atoms with E-state index in [4.69, 9.17) is 9.15 Å². The van der Waals surface area contributed by atoms with E-state index in [1.165, 1.54) is 6.07 Å². The molecule has 2 N–H and O–H groups in total. The molecule has 0 spiro atoms. The molecule has 1 saturated carbocycles. The van der Waals surface area contributed by atoms with Gasteiger partial charge in [-0.3, -0.25) is 14.6 Å². The van der Waals surface area contributed by atoms with Gasteiger partial charge in [0.15, 0.2) is 11.6 Å². The number of anilines is 1. The lowest BCUT2D eigenvalue weighted by atomic mass is 9.89. The van der Waals surface area contributed by atoms with E-state index in [-0.39, 0.29) is 35.0 Å². The number of rotatable bonds is 7. The average Bonchev–Trinajstić information content (AvgIpc) is 3.52. The number of furan rings is 1. The molecular weight excluding hydrogens is 434 g/mol. The van der Waals surface area contributed by atoms with Gasteiger partial charge in [0.25, 0.3) is 5.91 Å². The number of hydrogen-bond acceptors (Lipinski definition) is 6. The number of aromatic amines is 1. The fraction of sp³-hybridized carbons (Fsp3) is 0.273. The van der Waals surface area contributed by atoms with Crippen molar-refractivity contribution in [3.05, 3.63) is 60.4 Å². The van der Waals surface area contributed by atoms with Gasteiger partial charge in [0.2, 0.25) is 5.95 Å². The van der Waals surface area contributed by atoms with Gasteiger partial charge >= 0.3 is 0 Å². The second-order valence-electron chi connectivity index (χ2n) is 7.64. The molecule has 1 aliphatic carbocycles. The molecule has 0 aromatic carbocycles. The fourth-order valence-electron chi connectivity index (χ4n) is 3.74. The summed E-state index contributed by atoms with van der Waals surface area (Å²) in [7, 11) is 0. The quantitative estimate of drug-likeness (QED) is 0.405. The second-order valence-corrected chi connectivity index (χ2v) is 7.64. The van der Waals surface area contributed by atoms with Crippen molar-refractivity contribution in [1.29, 1.82) is 0 Å². The smallest absolute Gasteiger partial charge is 0.291 e. The number of halogens is 2. The molecule has 4 aromatic rings. The number of carbonyl (C=O) groups is 1. The maximum atomic E-state index is 14.5. The van der Waals surface area contributed by atoms with Crippen LogP contribution in [0.3, 0.4) is 0 Å². The lowest BCUT2D eigenvalue weighted by Crippen LogP contribution is -2.33. The Morgan fingerprint density at radius 2 is 2.12 bits per heavy atom. The van der Waals surface area contributed by atoms with Crippen molar-refractivity contribution in [2.24, 2.45) is 0 Å². The molecule has 0 saturated heterocycles. The first-order chi connectivity index (χ1) is 16.0. The van der Waals surface area contributed by atoms with Gasteiger partial charge in [-0.1, -0.05) is 0 Å². The molecule has 0 atom stereocenters. The first kappa shape index (κ1) is 21.0. The number of nitrogens with one attached hydrogen (secondary N) is 2. The van der Waals surface area contributed by atoms with Gasteiger partial charge < -0.3 is 14.5 Å². The third-order valence-corrected chi connectivity index (χ3v) is 5.48. The zero-order valence-corrected chi connectivity index (χ0v) is 17.6. The normalized spacial score (nSPS) is 17.7. The van der Waals surface area contributed by atoms with Crippen LogP contribution in [-0.4, -0.2) is 43.6 Å². The Morgan fingerprint density at radius 1 is 1.27 bits per heavy atom. The van der Waals surface area contributed by atoms with Gasteiger partial charge in [0.05, 0.1) is 29.6 Å². The lowest BCUT2D eigenvalue weighted by molar-refractivity contribution is -0.0226. The van der Waals surface area contributed by atoms with E-state index >= 15 is 0 Å². The molecule has 0 bridgehead atoms. The third kappa shape index (κ3) is 4.14. The standard InChI is InChI=1S/C22H20F2N6O3/c1-2-32-14-7-13(8-14)30-11-16(21(29-30)20-15(23)3-6-19(24)28-20)27-22(31)18-5-4-17(33-18)12-9-25-26-10-12/h3-6,9-11,13-14H,2,7-8H2,1H3,(H,25,26)(H,27,31).